The van der Waals surface area contributed by atoms with Crippen LogP contribution in [0, 0.1) is 11.6 Å². The molecule has 1 aliphatic rings. The van der Waals surface area contributed by atoms with Gasteiger partial charge in [0.15, 0.2) is 11.6 Å². The van der Waals surface area contributed by atoms with E-state index in [0.29, 0.717) is 12.8 Å². The van der Waals surface area contributed by atoms with Gasteiger partial charge < -0.3 is 10.8 Å². The molecule has 0 atom stereocenters. The van der Waals surface area contributed by atoms with Gasteiger partial charge in [-0.3, -0.25) is 0 Å². The second-order valence-electron chi connectivity index (χ2n) is 4.15. The van der Waals surface area contributed by atoms with E-state index in [2.05, 4.69) is 0 Å². The lowest BCUT2D eigenvalue weighted by Crippen LogP contribution is -2.50. The van der Waals surface area contributed by atoms with Crippen LogP contribution in [0.4, 0.5) is 8.78 Å². The van der Waals surface area contributed by atoms with E-state index in [1.54, 1.807) is 0 Å². The number of halogens is 2. The van der Waals surface area contributed by atoms with Crippen LogP contribution in [0.15, 0.2) is 18.2 Å². The van der Waals surface area contributed by atoms with Crippen LogP contribution in [-0.4, -0.2) is 17.8 Å². The van der Waals surface area contributed by atoms with Crippen molar-refractivity contribution in [2.45, 2.75) is 24.4 Å². The van der Waals surface area contributed by atoms with Crippen molar-refractivity contribution in [2.75, 3.05) is 6.54 Å². The molecular formula is C11H13F2NO. The Morgan fingerprint density at radius 3 is 2.60 bits per heavy atom. The summed E-state index contributed by atoms with van der Waals surface area (Å²) in [7, 11) is 0. The van der Waals surface area contributed by atoms with E-state index in [0.717, 1.165) is 6.07 Å². The first-order chi connectivity index (χ1) is 7.09. The summed E-state index contributed by atoms with van der Waals surface area (Å²) in [5.41, 5.74) is 5.29. The van der Waals surface area contributed by atoms with E-state index in [1.807, 2.05) is 0 Å². The van der Waals surface area contributed by atoms with E-state index in [-0.39, 0.29) is 12.1 Å². The Morgan fingerprint density at radius 2 is 2.07 bits per heavy atom. The zero-order chi connectivity index (χ0) is 11.1. The number of rotatable bonds is 2. The maximum atomic E-state index is 13.5. The summed E-state index contributed by atoms with van der Waals surface area (Å²) in [4.78, 5) is 0. The van der Waals surface area contributed by atoms with Gasteiger partial charge in [0.25, 0.3) is 0 Å². The zero-order valence-corrected chi connectivity index (χ0v) is 8.21. The molecule has 0 radical (unpaired) electrons. The lowest BCUT2D eigenvalue weighted by molar-refractivity contribution is 0.0202. The third kappa shape index (κ3) is 1.54. The van der Waals surface area contributed by atoms with Crippen LogP contribution in [0.3, 0.4) is 0 Å². The molecule has 15 heavy (non-hydrogen) atoms. The molecule has 1 aliphatic carbocycles. The summed E-state index contributed by atoms with van der Waals surface area (Å²) in [5.74, 6) is -1.70. The van der Waals surface area contributed by atoms with E-state index < -0.39 is 23.2 Å². The fraction of sp³-hybridized carbons (Fsp3) is 0.455. The molecule has 1 aromatic rings. The Hall–Kier alpha value is -1.00. The van der Waals surface area contributed by atoms with Gasteiger partial charge in [-0.2, -0.15) is 0 Å². The summed E-state index contributed by atoms with van der Waals surface area (Å²) in [6, 6.07) is 4.09. The van der Waals surface area contributed by atoms with Crippen LogP contribution < -0.4 is 5.73 Å². The molecule has 0 heterocycles. The van der Waals surface area contributed by atoms with E-state index in [4.69, 9.17) is 5.73 Å². The third-order valence-corrected chi connectivity index (χ3v) is 3.17. The Labute approximate surface area is 86.7 Å². The molecule has 0 bridgehead atoms. The average molecular weight is 213 g/mol. The minimum atomic E-state index is -0.860. The maximum absolute atomic E-state index is 13.5. The van der Waals surface area contributed by atoms with E-state index >= 15 is 0 Å². The number of benzene rings is 1. The lowest BCUT2D eigenvalue weighted by Gasteiger charge is -2.45. The van der Waals surface area contributed by atoms with Crippen LogP contribution in [0.2, 0.25) is 0 Å². The molecule has 0 saturated heterocycles. The molecule has 3 N–H and O–H groups in total. The van der Waals surface area contributed by atoms with Crippen molar-refractivity contribution in [1.29, 1.82) is 0 Å². The van der Waals surface area contributed by atoms with Gasteiger partial charge in [0.1, 0.15) is 0 Å². The van der Waals surface area contributed by atoms with E-state index in [1.165, 1.54) is 12.1 Å². The molecule has 0 spiro atoms. The molecule has 0 amide bonds. The summed E-state index contributed by atoms with van der Waals surface area (Å²) in [5, 5.41) is 9.26. The van der Waals surface area contributed by atoms with Crippen molar-refractivity contribution < 1.29 is 13.9 Å². The van der Waals surface area contributed by atoms with Crippen molar-refractivity contribution in [3.8, 4) is 0 Å². The highest BCUT2D eigenvalue weighted by molar-refractivity contribution is 5.32. The topological polar surface area (TPSA) is 46.2 Å². The smallest absolute Gasteiger partial charge is 0.162 e. The molecule has 0 aromatic heterocycles. The predicted octanol–water partition coefficient (Wildman–Crippen LogP) is 1.32. The molecule has 2 nitrogen and oxygen atoms in total. The third-order valence-electron chi connectivity index (χ3n) is 3.17. The van der Waals surface area contributed by atoms with Crippen LogP contribution >= 0.6 is 0 Å². The highest BCUT2D eigenvalue weighted by Gasteiger charge is 2.45. The Bertz CT molecular complexity index is 375. The molecule has 1 aromatic carbocycles. The first-order valence-electron chi connectivity index (χ1n) is 4.92. The summed E-state index contributed by atoms with van der Waals surface area (Å²) in [6.07, 6.45) is 0.365. The first-order valence-corrected chi connectivity index (χ1v) is 4.92. The average Bonchev–Trinajstić information content (AvgIpc) is 2.17. The van der Waals surface area contributed by atoms with Gasteiger partial charge in [-0.1, -0.05) is 12.1 Å². The van der Waals surface area contributed by atoms with Crippen LogP contribution in [0.25, 0.3) is 0 Å². The van der Waals surface area contributed by atoms with Crippen molar-refractivity contribution in [1.82, 2.24) is 0 Å². The second kappa shape index (κ2) is 3.54. The maximum Gasteiger partial charge on any atom is 0.162 e. The quantitative estimate of drug-likeness (QED) is 0.778. The Morgan fingerprint density at radius 1 is 1.40 bits per heavy atom. The van der Waals surface area contributed by atoms with Gasteiger partial charge >= 0.3 is 0 Å². The van der Waals surface area contributed by atoms with Gasteiger partial charge in [-0.25, -0.2) is 8.78 Å². The van der Waals surface area contributed by atoms with Crippen molar-refractivity contribution in [3.63, 3.8) is 0 Å². The van der Waals surface area contributed by atoms with Crippen molar-refractivity contribution >= 4 is 0 Å². The van der Waals surface area contributed by atoms with Gasteiger partial charge in [-0.05, 0) is 24.5 Å². The highest BCUT2D eigenvalue weighted by atomic mass is 19.2. The van der Waals surface area contributed by atoms with Crippen LogP contribution in [-0.2, 0) is 5.41 Å². The number of hydrogen-bond acceptors (Lipinski definition) is 2. The first kappa shape index (κ1) is 10.5. The molecule has 1 saturated carbocycles. The molecule has 0 unspecified atom stereocenters. The van der Waals surface area contributed by atoms with Crippen LogP contribution in [0.5, 0.6) is 0 Å². The van der Waals surface area contributed by atoms with Gasteiger partial charge in [0.05, 0.1) is 6.10 Å². The normalized spacial score (nSPS) is 30.0. The largest absolute Gasteiger partial charge is 0.393 e. The Balaban J connectivity index is 2.40. The second-order valence-corrected chi connectivity index (χ2v) is 4.15. The lowest BCUT2D eigenvalue weighted by atomic mass is 9.62. The highest BCUT2D eigenvalue weighted by Crippen LogP contribution is 2.44. The van der Waals surface area contributed by atoms with Crippen molar-refractivity contribution in [2.24, 2.45) is 5.73 Å². The summed E-state index contributed by atoms with van der Waals surface area (Å²) in [6.45, 7) is 0.227. The number of aliphatic hydroxyl groups is 1. The predicted molar refractivity (Wildman–Crippen MR) is 52.3 cm³/mol. The zero-order valence-electron chi connectivity index (χ0n) is 8.21. The van der Waals surface area contributed by atoms with E-state index in [9.17, 15) is 13.9 Å². The van der Waals surface area contributed by atoms with Gasteiger partial charge in [0.2, 0.25) is 0 Å². The fourth-order valence-electron chi connectivity index (χ4n) is 2.25. The molecule has 0 aliphatic heterocycles. The van der Waals surface area contributed by atoms with Crippen LogP contribution in [0.1, 0.15) is 18.4 Å². The van der Waals surface area contributed by atoms with Crippen molar-refractivity contribution in [3.05, 3.63) is 35.4 Å². The number of nitrogens with two attached hydrogens (primary N) is 1. The number of aliphatic hydroxyl groups excluding tert-OH is 1. The SMILES string of the molecule is NCC1(c2cccc(F)c2F)CC(O)C1. The molecular weight excluding hydrogens is 200 g/mol. The fourth-order valence-corrected chi connectivity index (χ4v) is 2.25. The standard InChI is InChI=1S/C11H13F2NO/c12-9-3-1-2-8(10(9)13)11(6-14)4-7(15)5-11/h1-3,7,15H,4-6,14H2. The van der Waals surface area contributed by atoms with Gasteiger partial charge in [0, 0.05) is 12.0 Å². The molecule has 1 fully saturated rings. The Kier molecular flexibility index (Phi) is 2.48. The molecule has 2 rings (SSSR count). The van der Waals surface area contributed by atoms with Gasteiger partial charge in [-0.15, -0.1) is 0 Å². The minimum Gasteiger partial charge on any atom is -0.393 e. The summed E-state index contributed by atoms with van der Waals surface area (Å²) >= 11 is 0. The minimum absolute atomic E-state index is 0.227. The summed E-state index contributed by atoms with van der Waals surface area (Å²) < 4.78 is 26.5. The molecule has 82 valence electrons. The monoisotopic (exact) mass is 213 g/mol. The molecule has 4 heteroatoms. The number of hydrogen-bond donors (Lipinski definition) is 2.